The van der Waals surface area contributed by atoms with Crippen LogP contribution < -0.4 is 5.32 Å². The van der Waals surface area contributed by atoms with E-state index < -0.39 is 0 Å². The number of aryl methyl sites for hydroxylation is 1. The largest absolute Gasteiger partial charge is 0.465 e. The smallest absolute Gasteiger partial charge is 0.325 e. The van der Waals surface area contributed by atoms with Crippen LogP contribution in [0.2, 0.25) is 0 Å². The average molecular weight is 423 g/mol. The maximum Gasteiger partial charge on any atom is 0.325 e. The molecule has 4 rings (SSSR count). The van der Waals surface area contributed by atoms with E-state index in [4.69, 9.17) is 4.74 Å². The van der Waals surface area contributed by atoms with Gasteiger partial charge in [0.15, 0.2) is 0 Å². The Balaban J connectivity index is 1.50. The van der Waals surface area contributed by atoms with Crippen molar-refractivity contribution in [2.24, 2.45) is 0 Å². The quantitative estimate of drug-likeness (QED) is 0.592. The number of hydrogen-bond acceptors (Lipinski definition) is 4. The van der Waals surface area contributed by atoms with E-state index in [9.17, 15) is 14.0 Å². The number of nitrogens with zero attached hydrogens (tertiary/aromatic N) is 2. The first-order valence-corrected chi connectivity index (χ1v) is 10.7. The summed E-state index contributed by atoms with van der Waals surface area (Å²) in [5.41, 5.74) is 3.88. The van der Waals surface area contributed by atoms with Crippen LogP contribution in [-0.2, 0) is 40.1 Å². The Kier molecular flexibility index (Phi) is 6.30. The molecule has 31 heavy (non-hydrogen) atoms. The molecular weight excluding hydrogens is 397 g/mol. The van der Waals surface area contributed by atoms with E-state index in [2.05, 4.69) is 10.3 Å². The van der Waals surface area contributed by atoms with Gasteiger partial charge in [0, 0.05) is 41.5 Å². The fourth-order valence-electron chi connectivity index (χ4n) is 4.37. The molecule has 2 aromatic heterocycles. The number of ether oxygens (including phenoxy) is 1. The van der Waals surface area contributed by atoms with Gasteiger partial charge in [-0.1, -0.05) is 6.07 Å². The van der Waals surface area contributed by atoms with Gasteiger partial charge in [-0.2, -0.15) is 0 Å². The molecule has 0 bridgehead atoms. The lowest BCUT2D eigenvalue weighted by Gasteiger charge is -2.25. The molecule has 7 heteroatoms. The minimum atomic E-state index is -0.314. The van der Waals surface area contributed by atoms with Crippen molar-refractivity contribution < 1.29 is 18.7 Å². The molecule has 1 N–H and O–H groups in total. The predicted octanol–water partition coefficient (Wildman–Crippen LogP) is 3.34. The summed E-state index contributed by atoms with van der Waals surface area (Å²) in [5.74, 6) is -0.623. The van der Waals surface area contributed by atoms with Crippen LogP contribution in [-0.4, -0.2) is 34.1 Å². The predicted molar refractivity (Wildman–Crippen MR) is 115 cm³/mol. The Hall–Kier alpha value is -3.22. The number of pyridine rings is 1. The lowest BCUT2D eigenvalue weighted by Crippen LogP contribution is -2.39. The van der Waals surface area contributed by atoms with E-state index in [1.54, 1.807) is 25.4 Å². The van der Waals surface area contributed by atoms with Gasteiger partial charge in [0.1, 0.15) is 12.4 Å². The number of hydrogen-bond donors (Lipinski definition) is 1. The molecule has 0 saturated carbocycles. The third-order valence-corrected chi connectivity index (χ3v) is 5.75. The van der Waals surface area contributed by atoms with Crippen LogP contribution in [0.1, 0.15) is 36.6 Å². The molecule has 162 valence electrons. The molecule has 1 atom stereocenters. The highest BCUT2D eigenvalue weighted by Crippen LogP contribution is 2.33. The molecule has 0 unspecified atom stereocenters. The maximum absolute atomic E-state index is 14.0. The molecule has 3 aromatic rings. The zero-order chi connectivity index (χ0) is 21.8. The highest BCUT2D eigenvalue weighted by atomic mass is 19.1. The van der Waals surface area contributed by atoms with Gasteiger partial charge in [-0.15, -0.1) is 0 Å². The molecule has 2 heterocycles. The number of carbonyl (C=O) groups is 2. The standard InChI is InChI=1S/C24H26FN3O3/c1-2-31-24(30)15-28-21-8-6-17(25)12-19(21)20-13-18(7-9-22(20)28)27-23(29)10-5-16-4-3-11-26-14-16/h3-4,6,8,11-12,14,18H,2,5,7,9-10,13,15H2,1H3,(H,27,29)/t18-/m0/s1. The van der Waals surface area contributed by atoms with Crippen molar-refractivity contribution in [1.29, 1.82) is 0 Å². The van der Waals surface area contributed by atoms with Gasteiger partial charge >= 0.3 is 5.97 Å². The van der Waals surface area contributed by atoms with Crippen LogP contribution in [0.15, 0.2) is 42.7 Å². The normalized spacial score (nSPS) is 15.5. The Morgan fingerprint density at radius 3 is 2.97 bits per heavy atom. The molecule has 1 aliphatic rings. The van der Waals surface area contributed by atoms with Crippen LogP contribution >= 0.6 is 0 Å². The van der Waals surface area contributed by atoms with Crippen LogP contribution in [0, 0.1) is 5.82 Å². The summed E-state index contributed by atoms with van der Waals surface area (Å²) in [7, 11) is 0. The monoisotopic (exact) mass is 423 g/mol. The lowest BCUT2D eigenvalue weighted by atomic mass is 9.91. The Morgan fingerprint density at radius 2 is 2.19 bits per heavy atom. The molecule has 1 amide bonds. The highest BCUT2D eigenvalue weighted by Gasteiger charge is 2.27. The van der Waals surface area contributed by atoms with E-state index in [0.29, 0.717) is 32.3 Å². The van der Waals surface area contributed by atoms with Crippen LogP contribution in [0.3, 0.4) is 0 Å². The third-order valence-electron chi connectivity index (χ3n) is 5.75. The number of esters is 1. The Bertz CT molecular complexity index is 1090. The van der Waals surface area contributed by atoms with Crippen LogP contribution in [0.5, 0.6) is 0 Å². The first-order chi connectivity index (χ1) is 15.0. The SMILES string of the molecule is CCOC(=O)Cn1c2c(c3cc(F)ccc31)C[C@@H](NC(=O)CCc1cccnc1)CC2. The second kappa shape index (κ2) is 9.29. The van der Waals surface area contributed by atoms with Crippen molar-refractivity contribution in [3.05, 3.63) is 65.4 Å². The van der Waals surface area contributed by atoms with Gasteiger partial charge in [-0.3, -0.25) is 14.6 Å². The summed E-state index contributed by atoms with van der Waals surface area (Å²) in [6, 6.07) is 8.44. The first kappa shape index (κ1) is 21.0. The lowest BCUT2D eigenvalue weighted by molar-refractivity contribution is -0.143. The zero-order valence-electron chi connectivity index (χ0n) is 17.6. The van der Waals surface area contributed by atoms with Crippen LogP contribution in [0.25, 0.3) is 10.9 Å². The number of fused-ring (bicyclic) bond motifs is 3. The molecule has 0 saturated heterocycles. The van der Waals surface area contributed by atoms with E-state index >= 15 is 0 Å². The first-order valence-electron chi connectivity index (χ1n) is 10.7. The fourth-order valence-corrected chi connectivity index (χ4v) is 4.37. The molecule has 1 aliphatic carbocycles. The van der Waals surface area contributed by atoms with Gasteiger partial charge in [0.25, 0.3) is 0 Å². The van der Waals surface area contributed by atoms with E-state index in [-0.39, 0.29) is 30.3 Å². The van der Waals surface area contributed by atoms with E-state index in [0.717, 1.165) is 34.1 Å². The number of aromatic nitrogens is 2. The van der Waals surface area contributed by atoms with E-state index in [1.165, 1.54) is 12.1 Å². The molecular formula is C24H26FN3O3. The number of halogens is 1. The van der Waals surface area contributed by atoms with Gasteiger partial charge in [0.2, 0.25) is 5.91 Å². The summed E-state index contributed by atoms with van der Waals surface area (Å²) < 4.78 is 21.0. The number of benzene rings is 1. The van der Waals surface area contributed by atoms with Crippen molar-refractivity contribution in [3.63, 3.8) is 0 Å². The molecule has 0 aliphatic heterocycles. The number of rotatable bonds is 7. The van der Waals surface area contributed by atoms with Gasteiger partial charge in [0.05, 0.1) is 6.61 Å². The second-order valence-corrected chi connectivity index (χ2v) is 7.85. The van der Waals surface area contributed by atoms with Gasteiger partial charge in [-0.05, 0) is 68.0 Å². The van der Waals surface area contributed by atoms with Crippen molar-refractivity contribution in [3.8, 4) is 0 Å². The third kappa shape index (κ3) is 4.76. The molecule has 0 spiro atoms. The Labute approximate surface area is 180 Å². The summed E-state index contributed by atoms with van der Waals surface area (Å²) >= 11 is 0. The average Bonchev–Trinajstić information content (AvgIpc) is 3.05. The molecule has 0 fully saturated rings. The van der Waals surface area contributed by atoms with Crippen LogP contribution in [0.4, 0.5) is 4.39 Å². The van der Waals surface area contributed by atoms with Crippen molar-refractivity contribution >= 4 is 22.8 Å². The molecule has 6 nitrogen and oxygen atoms in total. The second-order valence-electron chi connectivity index (χ2n) is 7.85. The summed E-state index contributed by atoms with van der Waals surface area (Å²) in [5, 5.41) is 3.93. The summed E-state index contributed by atoms with van der Waals surface area (Å²) in [4.78, 5) is 28.7. The fraction of sp³-hybridized carbons (Fsp3) is 0.375. The van der Waals surface area contributed by atoms with Gasteiger partial charge in [-0.25, -0.2) is 4.39 Å². The van der Waals surface area contributed by atoms with Crippen molar-refractivity contribution in [2.45, 2.75) is 51.6 Å². The summed E-state index contributed by atoms with van der Waals surface area (Å²) in [6.45, 7) is 2.20. The maximum atomic E-state index is 14.0. The highest BCUT2D eigenvalue weighted by molar-refractivity contribution is 5.87. The number of amides is 1. The topological polar surface area (TPSA) is 73.2 Å². The van der Waals surface area contributed by atoms with E-state index in [1.807, 2.05) is 16.7 Å². The molecule has 1 aromatic carbocycles. The number of nitrogens with one attached hydrogen (secondary N) is 1. The van der Waals surface area contributed by atoms with Gasteiger partial charge < -0.3 is 14.6 Å². The molecule has 0 radical (unpaired) electrons. The zero-order valence-corrected chi connectivity index (χ0v) is 17.6. The van der Waals surface area contributed by atoms with Crippen molar-refractivity contribution in [2.75, 3.05) is 6.61 Å². The van der Waals surface area contributed by atoms with Crippen molar-refractivity contribution in [1.82, 2.24) is 14.9 Å². The summed E-state index contributed by atoms with van der Waals surface area (Å²) in [6.07, 6.45) is 6.61. The Morgan fingerprint density at radius 1 is 1.32 bits per heavy atom. The minimum absolute atomic E-state index is 0.00116. The number of carbonyl (C=O) groups excluding carboxylic acids is 2. The minimum Gasteiger partial charge on any atom is -0.465 e.